The molecule has 12 heteroatoms. The van der Waals surface area contributed by atoms with Crippen LogP contribution in [-0.2, 0) is 30.5 Å². The van der Waals surface area contributed by atoms with E-state index in [1.807, 2.05) is 51.1 Å². The number of amides is 6. The summed E-state index contributed by atoms with van der Waals surface area (Å²) >= 11 is 0. The fourth-order valence-corrected chi connectivity index (χ4v) is 7.87. The van der Waals surface area contributed by atoms with E-state index in [0.717, 1.165) is 37.7 Å². The third-order valence-electron chi connectivity index (χ3n) is 11.1. The quantitative estimate of drug-likeness (QED) is 0.214. The molecule has 1 aliphatic heterocycles. The van der Waals surface area contributed by atoms with Crippen LogP contribution in [0.15, 0.2) is 30.3 Å². The van der Waals surface area contributed by atoms with Gasteiger partial charge in [0.05, 0.1) is 6.04 Å². The molecule has 1 saturated heterocycles. The van der Waals surface area contributed by atoms with Crippen molar-refractivity contribution in [1.29, 1.82) is 0 Å². The van der Waals surface area contributed by atoms with Gasteiger partial charge in [-0.05, 0) is 53.4 Å². The number of carbonyl (C=O) groups excluding carboxylic acids is 6. The second-order valence-corrected chi connectivity index (χ2v) is 16.1. The van der Waals surface area contributed by atoms with Gasteiger partial charge in [-0.1, -0.05) is 97.1 Å². The molecule has 1 heterocycles. The molecule has 12 nitrogen and oxygen atoms in total. The zero-order chi connectivity index (χ0) is 35.0. The fourth-order valence-electron chi connectivity index (χ4n) is 7.87. The first-order valence-corrected chi connectivity index (χ1v) is 17.4. The van der Waals surface area contributed by atoms with Crippen molar-refractivity contribution in [3.63, 3.8) is 0 Å². The smallest absolute Gasteiger partial charge is 0.316 e. The van der Waals surface area contributed by atoms with Gasteiger partial charge in [-0.15, -0.1) is 0 Å². The molecule has 48 heavy (non-hydrogen) atoms. The van der Waals surface area contributed by atoms with Crippen molar-refractivity contribution in [2.45, 2.75) is 116 Å². The van der Waals surface area contributed by atoms with Crippen LogP contribution in [0.4, 0.5) is 4.79 Å². The van der Waals surface area contributed by atoms with Gasteiger partial charge < -0.3 is 31.9 Å². The van der Waals surface area contributed by atoms with Crippen molar-refractivity contribution in [2.75, 3.05) is 6.54 Å². The number of likely N-dealkylation sites (tertiary alicyclic amines) is 1. The van der Waals surface area contributed by atoms with Gasteiger partial charge in [-0.25, -0.2) is 4.79 Å². The lowest BCUT2D eigenvalue weighted by Gasteiger charge is -2.40. The van der Waals surface area contributed by atoms with Crippen LogP contribution in [0, 0.1) is 28.6 Å². The maximum Gasteiger partial charge on any atom is 0.316 e. The minimum Gasteiger partial charge on any atom is -0.363 e. The molecule has 5 rings (SSSR count). The van der Waals surface area contributed by atoms with Gasteiger partial charge >= 0.3 is 6.03 Å². The number of benzene rings is 1. The van der Waals surface area contributed by atoms with Gasteiger partial charge in [0.25, 0.3) is 5.91 Å². The topological polar surface area (TPSA) is 180 Å². The van der Waals surface area contributed by atoms with Crippen LogP contribution in [0.1, 0.15) is 91.5 Å². The highest BCUT2D eigenvalue weighted by Gasteiger charge is 2.70. The zero-order valence-electron chi connectivity index (χ0n) is 28.9. The number of rotatable bonds is 12. The van der Waals surface area contributed by atoms with Crippen LogP contribution >= 0.6 is 0 Å². The Morgan fingerprint density at radius 3 is 2.19 bits per heavy atom. The van der Waals surface area contributed by atoms with E-state index in [0.29, 0.717) is 32.4 Å². The first-order chi connectivity index (χ1) is 22.5. The number of nitrogens with one attached hydrogen (secondary N) is 4. The molecule has 1 aromatic carbocycles. The van der Waals surface area contributed by atoms with Crippen molar-refractivity contribution in [1.82, 2.24) is 26.2 Å². The average molecular weight is 665 g/mol. The lowest BCUT2D eigenvalue weighted by atomic mass is 9.80. The Bertz CT molecular complexity index is 1430. The van der Waals surface area contributed by atoms with Crippen LogP contribution in [0.5, 0.6) is 0 Å². The van der Waals surface area contributed by atoms with E-state index in [2.05, 4.69) is 35.1 Å². The largest absolute Gasteiger partial charge is 0.363 e. The third-order valence-corrected chi connectivity index (χ3v) is 11.1. The van der Waals surface area contributed by atoms with Crippen molar-refractivity contribution >= 4 is 35.4 Å². The molecular formula is C36H52N6O6. The van der Waals surface area contributed by atoms with Gasteiger partial charge in [0.1, 0.15) is 17.6 Å². The first kappa shape index (κ1) is 35.3. The molecule has 0 bridgehead atoms. The fraction of sp³-hybridized carbons (Fsp3) is 0.667. The van der Waals surface area contributed by atoms with E-state index in [-0.39, 0.29) is 29.1 Å². The monoisotopic (exact) mass is 664 g/mol. The number of nitrogens with two attached hydrogens (primary N) is 1. The van der Waals surface area contributed by atoms with E-state index >= 15 is 0 Å². The summed E-state index contributed by atoms with van der Waals surface area (Å²) in [5.74, 6) is -2.93. The normalized spacial score (nSPS) is 25.1. The second kappa shape index (κ2) is 13.5. The minimum atomic E-state index is -1.12. The summed E-state index contributed by atoms with van der Waals surface area (Å²) in [7, 11) is 0. The number of piperidine rings is 1. The van der Waals surface area contributed by atoms with Crippen molar-refractivity contribution in [2.24, 2.45) is 34.3 Å². The van der Waals surface area contributed by atoms with Gasteiger partial charge in [0.15, 0.2) is 0 Å². The summed E-state index contributed by atoms with van der Waals surface area (Å²) in [6, 6.07) is 6.01. The highest BCUT2D eigenvalue weighted by Crippen LogP contribution is 2.65. The van der Waals surface area contributed by atoms with E-state index in [1.165, 1.54) is 4.90 Å². The van der Waals surface area contributed by atoms with Crippen molar-refractivity contribution in [3.8, 4) is 0 Å². The Labute approximate surface area is 283 Å². The summed E-state index contributed by atoms with van der Waals surface area (Å²) in [6.45, 7) is 10.3. The van der Waals surface area contributed by atoms with Gasteiger partial charge in [0.2, 0.25) is 23.5 Å². The van der Waals surface area contributed by atoms with E-state index in [4.69, 9.17) is 5.73 Å². The standard InChI is InChI=1S/C36H52N6O6/c1-34(2,3)28(40-33(48)41-36(16-10-7-11-17-36)32(47)38-19-22-12-8-6-9-13-22)31(46)42-20-23-25(35(23,4)5)26(42)30(45)39-24(18-21-14-15-21)27(43)29(37)44/h6,8-9,12-13,21,23-26,28H,7,10-11,14-20H2,1-5H3,(H2,37,44)(H,38,47)(H,39,45)(H2,40,41,48)/t23-,24?,25-,26-,28+/m0/s1. The summed E-state index contributed by atoms with van der Waals surface area (Å²) < 4.78 is 0. The molecule has 6 N–H and O–H groups in total. The molecule has 1 unspecified atom stereocenters. The maximum absolute atomic E-state index is 14.4. The molecule has 3 aliphatic carbocycles. The van der Waals surface area contributed by atoms with Crippen molar-refractivity contribution < 1.29 is 28.8 Å². The zero-order valence-corrected chi connectivity index (χ0v) is 28.9. The Hall–Kier alpha value is -3.96. The first-order valence-electron chi connectivity index (χ1n) is 17.4. The molecule has 4 fully saturated rings. The third kappa shape index (κ3) is 7.52. The number of ketones is 1. The lowest BCUT2D eigenvalue weighted by molar-refractivity contribution is -0.145. The molecule has 5 atom stereocenters. The molecule has 6 amide bonds. The SMILES string of the molecule is CC(C)(C)[C@H](NC(=O)NC1(C(=O)NCc2ccccc2)CCCCC1)C(=O)N1C[C@H]2[C@@H]([C@H]1C(=O)NC(CC1CC1)C(=O)C(N)=O)C2(C)C. The van der Waals surface area contributed by atoms with Crippen molar-refractivity contribution in [3.05, 3.63) is 35.9 Å². The number of hydrogen-bond acceptors (Lipinski definition) is 6. The van der Waals surface area contributed by atoms with Crippen LogP contribution in [0.25, 0.3) is 0 Å². The Balaban J connectivity index is 1.31. The molecule has 0 aromatic heterocycles. The highest BCUT2D eigenvalue weighted by molar-refractivity contribution is 6.37. The van der Waals surface area contributed by atoms with Crippen LogP contribution in [0.2, 0.25) is 0 Å². The number of urea groups is 1. The molecule has 0 radical (unpaired) electrons. The Morgan fingerprint density at radius 1 is 0.958 bits per heavy atom. The summed E-state index contributed by atoms with van der Waals surface area (Å²) in [5, 5.41) is 11.6. The van der Waals surface area contributed by atoms with Gasteiger partial charge in [-0.3, -0.25) is 24.0 Å². The highest BCUT2D eigenvalue weighted by atomic mass is 16.2. The predicted molar refractivity (Wildman–Crippen MR) is 179 cm³/mol. The number of Topliss-reactive ketones (excluding diaryl/α,β-unsaturated/α-hetero) is 1. The Morgan fingerprint density at radius 2 is 1.60 bits per heavy atom. The number of nitrogens with zero attached hydrogens (tertiary/aromatic N) is 1. The van der Waals surface area contributed by atoms with E-state index < -0.39 is 58.6 Å². The number of fused-ring (bicyclic) bond motifs is 1. The number of primary amides is 1. The van der Waals surface area contributed by atoms with Crippen LogP contribution < -0.4 is 27.0 Å². The van der Waals surface area contributed by atoms with Gasteiger partial charge in [0, 0.05) is 13.1 Å². The second-order valence-electron chi connectivity index (χ2n) is 16.1. The molecule has 0 spiro atoms. The lowest BCUT2D eigenvalue weighted by Crippen LogP contribution is -2.65. The molecule has 4 aliphatic rings. The summed E-state index contributed by atoms with van der Waals surface area (Å²) in [4.78, 5) is 81.6. The van der Waals surface area contributed by atoms with Gasteiger partial charge in [-0.2, -0.15) is 0 Å². The summed E-state index contributed by atoms with van der Waals surface area (Å²) in [6.07, 6.45) is 5.65. The predicted octanol–water partition coefficient (Wildman–Crippen LogP) is 2.54. The Kier molecular flexibility index (Phi) is 9.95. The molecule has 1 aromatic rings. The average Bonchev–Trinajstić information content (AvgIpc) is 3.89. The molecular weight excluding hydrogens is 612 g/mol. The number of carbonyl (C=O) groups is 6. The molecule has 3 saturated carbocycles. The van der Waals surface area contributed by atoms with E-state index in [9.17, 15) is 28.8 Å². The van der Waals surface area contributed by atoms with E-state index in [1.54, 1.807) is 0 Å². The van der Waals surface area contributed by atoms with Crippen LogP contribution in [-0.4, -0.2) is 70.6 Å². The number of hydrogen-bond donors (Lipinski definition) is 5. The molecule has 262 valence electrons. The summed E-state index contributed by atoms with van der Waals surface area (Å²) in [5.41, 5.74) is 4.20. The minimum absolute atomic E-state index is 0.0687. The van der Waals surface area contributed by atoms with Crippen LogP contribution in [0.3, 0.4) is 0 Å². The maximum atomic E-state index is 14.4.